The molecule has 2 heterocycles. The summed E-state index contributed by atoms with van der Waals surface area (Å²) in [5.74, 6) is 0. The van der Waals surface area contributed by atoms with Crippen LogP contribution >= 0.6 is 0 Å². The number of anilines is 1. The van der Waals surface area contributed by atoms with Crippen molar-refractivity contribution in [3.8, 4) is 0 Å². The largest absolute Gasteiger partial charge is 0.369 e. The molecule has 1 fully saturated rings. The van der Waals surface area contributed by atoms with Crippen LogP contribution in [-0.4, -0.2) is 44.4 Å². The topological polar surface area (TPSA) is 67.2 Å². The van der Waals surface area contributed by atoms with Crippen molar-refractivity contribution in [3.63, 3.8) is 0 Å². The maximum Gasteiger partial charge on any atom is 0.226 e. The third-order valence-electron chi connectivity index (χ3n) is 5.95. The maximum absolute atomic E-state index is 13.5. The van der Waals surface area contributed by atoms with Gasteiger partial charge in [-0.3, -0.25) is 4.68 Å². The Morgan fingerprint density at radius 3 is 2.28 bits per heavy atom. The smallest absolute Gasteiger partial charge is 0.226 e. The average Bonchev–Trinajstić information content (AvgIpc) is 3.23. The molecular formula is C25H26N4O2S. The molecule has 32 heavy (non-hydrogen) atoms. The average molecular weight is 447 g/mol. The van der Waals surface area contributed by atoms with Crippen molar-refractivity contribution in [1.82, 2.24) is 15.1 Å². The number of rotatable bonds is 6. The normalized spacial score (nSPS) is 14.7. The van der Waals surface area contributed by atoms with Gasteiger partial charge in [0.15, 0.2) is 5.03 Å². The van der Waals surface area contributed by atoms with Crippen LogP contribution in [0.3, 0.4) is 0 Å². The first-order valence-electron chi connectivity index (χ1n) is 10.9. The molecule has 7 heteroatoms. The number of aromatic nitrogens is 2. The zero-order valence-corrected chi connectivity index (χ0v) is 18.6. The first-order valence-corrected chi connectivity index (χ1v) is 12.4. The Hall–Kier alpha value is -3.16. The van der Waals surface area contributed by atoms with Crippen molar-refractivity contribution in [2.24, 2.45) is 0 Å². The highest BCUT2D eigenvalue weighted by Crippen LogP contribution is 2.31. The van der Waals surface area contributed by atoms with E-state index in [1.807, 2.05) is 41.1 Å². The van der Waals surface area contributed by atoms with Gasteiger partial charge in [-0.25, -0.2) is 8.42 Å². The highest BCUT2D eigenvalue weighted by atomic mass is 32.2. The van der Waals surface area contributed by atoms with E-state index in [0.29, 0.717) is 11.9 Å². The molecule has 0 amide bonds. The second-order valence-corrected chi connectivity index (χ2v) is 9.88. The van der Waals surface area contributed by atoms with Crippen LogP contribution in [-0.2, 0) is 22.8 Å². The van der Waals surface area contributed by atoms with Crippen LogP contribution < -0.4 is 10.2 Å². The van der Waals surface area contributed by atoms with Crippen molar-refractivity contribution < 1.29 is 8.42 Å². The lowest BCUT2D eigenvalue weighted by Gasteiger charge is -2.29. The highest BCUT2D eigenvalue weighted by Gasteiger charge is 2.26. The lowest BCUT2D eigenvalue weighted by Crippen LogP contribution is -2.43. The predicted molar refractivity (Wildman–Crippen MR) is 127 cm³/mol. The van der Waals surface area contributed by atoms with Crippen molar-refractivity contribution in [2.45, 2.75) is 22.9 Å². The Bertz CT molecular complexity index is 1310. The number of fused-ring (bicyclic) bond motifs is 1. The molecule has 1 aliphatic rings. The van der Waals surface area contributed by atoms with Crippen molar-refractivity contribution in [1.29, 1.82) is 0 Å². The molecule has 0 radical (unpaired) electrons. The molecule has 164 valence electrons. The molecule has 0 spiro atoms. The summed E-state index contributed by atoms with van der Waals surface area (Å²) in [5, 5.41) is 8.80. The first-order chi connectivity index (χ1) is 15.6. The molecule has 0 unspecified atom stereocenters. The second kappa shape index (κ2) is 8.76. The fraction of sp³-hybridized carbons (Fsp3) is 0.240. The van der Waals surface area contributed by atoms with E-state index in [1.54, 1.807) is 24.3 Å². The molecule has 4 aromatic rings. The molecule has 1 aliphatic heterocycles. The number of hydrogen-bond donors (Lipinski definition) is 1. The van der Waals surface area contributed by atoms with Gasteiger partial charge < -0.3 is 10.2 Å². The summed E-state index contributed by atoms with van der Waals surface area (Å²) in [6.45, 7) is 4.24. The Morgan fingerprint density at radius 1 is 0.875 bits per heavy atom. The van der Waals surface area contributed by atoms with E-state index in [2.05, 4.69) is 33.5 Å². The molecule has 3 aromatic carbocycles. The zero-order chi connectivity index (χ0) is 22.0. The molecule has 1 aromatic heterocycles. The summed E-state index contributed by atoms with van der Waals surface area (Å²) in [6.07, 6.45) is 0.780. The van der Waals surface area contributed by atoms with E-state index in [1.165, 1.54) is 5.56 Å². The van der Waals surface area contributed by atoms with Crippen LogP contribution in [0.2, 0.25) is 0 Å². The van der Waals surface area contributed by atoms with E-state index in [-0.39, 0.29) is 9.92 Å². The SMILES string of the molecule is O=S(=O)(c1ccccc1)c1nn(CCc2ccccc2)c2ccc(N3CCNCC3)cc12. The van der Waals surface area contributed by atoms with Crippen molar-refractivity contribution in [3.05, 3.63) is 84.4 Å². The molecule has 0 atom stereocenters. The molecule has 0 aliphatic carbocycles. The van der Waals surface area contributed by atoms with Crippen molar-refractivity contribution >= 4 is 26.4 Å². The van der Waals surface area contributed by atoms with Crippen molar-refractivity contribution in [2.75, 3.05) is 31.1 Å². The second-order valence-electron chi connectivity index (χ2n) is 8.02. The van der Waals surface area contributed by atoms with E-state index in [4.69, 9.17) is 0 Å². The number of nitrogens with one attached hydrogen (secondary N) is 1. The molecule has 0 saturated carbocycles. The van der Waals surface area contributed by atoms with Gasteiger partial charge in [0.05, 0.1) is 10.4 Å². The minimum Gasteiger partial charge on any atom is -0.369 e. The zero-order valence-electron chi connectivity index (χ0n) is 17.8. The number of nitrogens with zero attached hydrogens (tertiary/aromatic N) is 3. The summed E-state index contributed by atoms with van der Waals surface area (Å²) >= 11 is 0. The fourth-order valence-corrected chi connectivity index (χ4v) is 5.62. The Labute approximate surface area is 188 Å². The fourth-order valence-electron chi connectivity index (χ4n) is 4.22. The van der Waals surface area contributed by atoms with Crippen LogP contribution in [0.25, 0.3) is 10.9 Å². The monoisotopic (exact) mass is 446 g/mol. The van der Waals surface area contributed by atoms with Gasteiger partial charge in [0.1, 0.15) is 0 Å². The maximum atomic E-state index is 13.5. The van der Waals surface area contributed by atoms with Gasteiger partial charge in [0.25, 0.3) is 0 Å². The quantitative estimate of drug-likeness (QED) is 0.491. The molecule has 1 saturated heterocycles. The summed E-state index contributed by atoms with van der Waals surface area (Å²) in [6, 6.07) is 24.8. The van der Waals surface area contributed by atoms with E-state index < -0.39 is 9.84 Å². The molecule has 1 N–H and O–H groups in total. The summed E-state index contributed by atoms with van der Waals surface area (Å²) in [7, 11) is -3.74. The standard InChI is InChI=1S/C25H26N4O2S/c30-32(31,22-9-5-2-6-10-22)25-23-19-21(28-17-14-26-15-18-28)11-12-24(23)29(27-25)16-13-20-7-3-1-4-8-20/h1-12,19,26H,13-18H2. The van der Waals surface area contributed by atoms with Gasteiger partial charge in [0.2, 0.25) is 9.84 Å². The minimum absolute atomic E-state index is 0.128. The van der Waals surface area contributed by atoms with Gasteiger partial charge in [-0.15, -0.1) is 0 Å². The molecule has 0 bridgehead atoms. The molecule has 5 rings (SSSR count). The lowest BCUT2D eigenvalue weighted by atomic mass is 10.1. The van der Waals surface area contributed by atoms with Gasteiger partial charge in [-0.05, 0) is 42.3 Å². The van der Waals surface area contributed by atoms with Gasteiger partial charge in [0, 0.05) is 43.8 Å². The van der Waals surface area contributed by atoms with Gasteiger partial charge in [-0.2, -0.15) is 5.10 Å². The number of hydrogen-bond acceptors (Lipinski definition) is 5. The van der Waals surface area contributed by atoms with Crippen LogP contribution in [0, 0.1) is 0 Å². The summed E-state index contributed by atoms with van der Waals surface area (Å²) < 4.78 is 28.9. The highest BCUT2D eigenvalue weighted by molar-refractivity contribution is 7.91. The molecule has 6 nitrogen and oxygen atoms in total. The van der Waals surface area contributed by atoms with E-state index in [9.17, 15) is 8.42 Å². The summed E-state index contributed by atoms with van der Waals surface area (Å²) in [4.78, 5) is 2.55. The predicted octanol–water partition coefficient (Wildman–Crippen LogP) is 3.52. The Kier molecular flexibility index (Phi) is 5.68. The van der Waals surface area contributed by atoms with E-state index in [0.717, 1.165) is 43.8 Å². The van der Waals surface area contributed by atoms with E-state index >= 15 is 0 Å². The third-order valence-corrected chi connectivity index (χ3v) is 7.65. The minimum atomic E-state index is -3.74. The Morgan fingerprint density at radius 2 is 1.56 bits per heavy atom. The number of sulfone groups is 1. The number of piperazine rings is 1. The van der Waals surface area contributed by atoms with Gasteiger partial charge >= 0.3 is 0 Å². The number of aryl methyl sites for hydroxylation is 2. The van der Waals surface area contributed by atoms with Crippen LogP contribution in [0.5, 0.6) is 0 Å². The number of benzene rings is 3. The molecular weight excluding hydrogens is 420 g/mol. The van der Waals surface area contributed by atoms with Crippen LogP contribution in [0.1, 0.15) is 5.56 Å². The third kappa shape index (κ3) is 4.01. The van der Waals surface area contributed by atoms with Gasteiger partial charge in [-0.1, -0.05) is 48.5 Å². The summed E-state index contributed by atoms with van der Waals surface area (Å²) in [5.41, 5.74) is 3.07. The van der Waals surface area contributed by atoms with Crippen LogP contribution in [0.15, 0.2) is 88.8 Å². The first kappa shape index (κ1) is 20.7. The Balaban J connectivity index is 1.59. The lowest BCUT2D eigenvalue weighted by molar-refractivity contribution is 0.578. The van der Waals surface area contributed by atoms with Crippen LogP contribution in [0.4, 0.5) is 5.69 Å².